The molecule has 1 rings (SSSR count). The van der Waals surface area contributed by atoms with E-state index in [2.05, 4.69) is 31.1 Å². The molecule has 0 spiro atoms. The molecule has 1 N–H and O–H groups in total. The summed E-state index contributed by atoms with van der Waals surface area (Å²) in [5.41, 5.74) is 1.13. The van der Waals surface area contributed by atoms with E-state index in [1.165, 1.54) is 6.20 Å². The minimum atomic E-state index is -0.569. The SMILES string of the molecule is CN(C)CCNC(=O)c1c(CC(C)(C)C)cncc1C(=O)C(C)(C)C. The first-order valence-corrected chi connectivity index (χ1v) is 8.77. The van der Waals surface area contributed by atoms with Gasteiger partial charge < -0.3 is 10.2 Å². The maximum atomic E-state index is 12.9. The predicted molar refractivity (Wildman–Crippen MR) is 102 cm³/mol. The lowest BCUT2D eigenvalue weighted by molar-refractivity contribution is 0.0846. The molecule has 0 aliphatic rings. The second-order valence-corrected chi connectivity index (χ2v) is 9.10. The Bertz CT molecular complexity index is 623. The number of aromatic nitrogens is 1. The highest BCUT2D eigenvalue weighted by Crippen LogP contribution is 2.28. The van der Waals surface area contributed by atoms with Gasteiger partial charge >= 0.3 is 0 Å². The number of likely N-dealkylation sites (N-methyl/N-ethyl adjacent to an activating group) is 1. The molecule has 1 aromatic rings. The number of nitrogens with one attached hydrogen (secondary N) is 1. The molecule has 0 radical (unpaired) electrons. The number of carbonyl (C=O) groups excluding carboxylic acids is 2. The van der Waals surface area contributed by atoms with Crippen LogP contribution in [0.5, 0.6) is 0 Å². The third-order valence-corrected chi connectivity index (χ3v) is 3.74. The molecule has 0 aromatic carbocycles. The maximum absolute atomic E-state index is 12.9. The number of Topliss-reactive ketones (excluding diaryl/α,β-unsaturated/α-hetero) is 1. The van der Waals surface area contributed by atoms with Crippen LogP contribution in [-0.2, 0) is 6.42 Å². The summed E-state index contributed by atoms with van der Waals surface area (Å²) in [4.78, 5) is 32.0. The van der Waals surface area contributed by atoms with E-state index in [1.807, 2.05) is 39.8 Å². The van der Waals surface area contributed by atoms with Crippen molar-refractivity contribution >= 4 is 11.7 Å². The van der Waals surface area contributed by atoms with Crippen molar-refractivity contribution in [3.05, 3.63) is 29.1 Å². The van der Waals surface area contributed by atoms with Crippen LogP contribution in [0.4, 0.5) is 0 Å². The Hall–Kier alpha value is -1.75. The first kappa shape index (κ1) is 21.3. The summed E-state index contributed by atoms with van der Waals surface area (Å²) in [7, 11) is 3.91. The van der Waals surface area contributed by atoms with E-state index in [-0.39, 0.29) is 17.1 Å². The Labute approximate surface area is 152 Å². The number of carbonyl (C=O) groups is 2. The predicted octanol–water partition coefficient (Wildman–Crippen LogP) is 3.19. The lowest BCUT2D eigenvalue weighted by Gasteiger charge is -2.23. The number of nitrogens with zero attached hydrogens (tertiary/aromatic N) is 2. The monoisotopic (exact) mass is 347 g/mol. The summed E-state index contributed by atoms with van der Waals surface area (Å²) in [5.74, 6) is -0.260. The average molecular weight is 348 g/mol. The van der Waals surface area contributed by atoms with E-state index in [4.69, 9.17) is 0 Å². The normalized spacial score (nSPS) is 12.4. The van der Waals surface area contributed by atoms with Gasteiger partial charge in [-0.1, -0.05) is 41.5 Å². The van der Waals surface area contributed by atoms with Gasteiger partial charge in [-0.2, -0.15) is 0 Å². The van der Waals surface area contributed by atoms with Crippen LogP contribution in [0.15, 0.2) is 12.4 Å². The van der Waals surface area contributed by atoms with Gasteiger partial charge in [0.15, 0.2) is 5.78 Å². The Morgan fingerprint density at radius 1 is 1.08 bits per heavy atom. The molecule has 25 heavy (non-hydrogen) atoms. The molecule has 0 atom stereocenters. The van der Waals surface area contributed by atoms with Gasteiger partial charge in [-0.05, 0) is 31.5 Å². The molecule has 0 bridgehead atoms. The molecule has 5 heteroatoms. The summed E-state index contributed by atoms with van der Waals surface area (Å²) in [6.07, 6.45) is 3.92. The maximum Gasteiger partial charge on any atom is 0.252 e. The molecular formula is C20H33N3O2. The van der Waals surface area contributed by atoms with E-state index in [9.17, 15) is 9.59 Å². The first-order valence-electron chi connectivity index (χ1n) is 8.77. The van der Waals surface area contributed by atoms with Crippen molar-refractivity contribution < 1.29 is 9.59 Å². The highest BCUT2D eigenvalue weighted by Gasteiger charge is 2.30. The molecule has 140 valence electrons. The van der Waals surface area contributed by atoms with E-state index in [1.54, 1.807) is 6.20 Å². The second-order valence-electron chi connectivity index (χ2n) is 9.10. The van der Waals surface area contributed by atoms with Crippen molar-refractivity contribution in [2.24, 2.45) is 10.8 Å². The summed E-state index contributed by atoms with van der Waals surface area (Å²) in [6.45, 7) is 13.2. The zero-order valence-electron chi connectivity index (χ0n) is 17.0. The first-order chi connectivity index (χ1) is 11.3. The minimum absolute atomic E-state index is 0.0102. The number of hydrogen-bond acceptors (Lipinski definition) is 4. The lowest BCUT2D eigenvalue weighted by atomic mass is 9.81. The van der Waals surface area contributed by atoms with Crippen LogP contribution in [0, 0.1) is 10.8 Å². The van der Waals surface area contributed by atoms with Crippen LogP contribution >= 0.6 is 0 Å². The molecule has 0 unspecified atom stereocenters. The number of ketones is 1. The standard InChI is InChI=1S/C20H33N3O2/c1-19(2,3)11-14-12-21-13-15(17(24)20(4,5)6)16(14)18(25)22-9-10-23(7)8/h12-13H,9-11H2,1-8H3,(H,22,25). The molecule has 0 saturated carbocycles. The van der Waals surface area contributed by atoms with E-state index >= 15 is 0 Å². The van der Waals surface area contributed by atoms with E-state index in [0.29, 0.717) is 24.1 Å². The number of rotatable bonds is 6. The summed E-state index contributed by atoms with van der Waals surface area (Å²) < 4.78 is 0. The van der Waals surface area contributed by atoms with Gasteiger partial charge in [0.05, 0.1) is 5.56 Å². The Balaban J connectivity index is 3.31. The molecule has 1 aromatic heterocycles. The smallest absolute Gasteiger partial charge is 0.252 e. The van der Waals surface area contributed by atoms with Crippen LogP contribution in [0.1, 0.15) is 67.8 Å². The zero-order chi connectivity index (χ0) is 19.4. The fraction of sp³-hybridized carbons (Fsp3) is 0.650. The third kappa shape index (κ3) is 6.58. The van der Waals surface area contributed by atoms with E-state index < -0.39 is 5.41 Å². The van der Waals surface area contributed by atoms with Gasteiger partial charge in [0.2, 0.25) is 0 Å². The molecule has 1 heterocycles. The number of amides is 1. The van der Waals surface area contributed by atoms with Gasteiger partial charge in [-0.3, -0.25) is 14.6 Å². The lowest BCUT2D eigenvalue weighted by Crippen LogP contribution is -2.34. The second kappa shape index (κ2) is 8.09. The van der Waals surface area contributed by atoms with Gasteiger partial charge in [0.1, 0.15) is 0 Å². The van der Waals surface area contributed by atoms with Crippen LogP contribution in [0.3, 0.4) is 0 Å². The zero-order valence-corrected chi connectivity index (χ0v) is 17.0. The van der Waals surface area contributed by atoms with Gasteiger partial charge in [-0.25, -0.2) is 0 Å². The van der Waals surface area contributed by atoms with Crippen molar-refractivity contribution in [3.63, 3.8) is 0 Å². The topological polar surface area (TPSA) is 62.3 Å². The highest BCUT2D eigenvalue weighted by molar-refractivity contribution is 6.10. The summed E-state index contributed by atoms with van der Waals surface area (Å²) >= 11 is 0. The van der Waals surface area contributed by atoms with E-state index in [0.717, 1.165) is 12.1 Å². The molecule has 5 nitrogen and oxygen atoms in total. The Kier molecular flexibility index (Phi) is 6.89. The van der Waals surface area contributed by atoms with Crippen molar-refractivity contribution in [1.82, 2.24) is 15.2 Å². The fourth-order valence-electron chi connectivity index (χ4n) is 2.53. The largest absolute Gasteiger partial charge is 0.351 e. The van der Waals surface area contributed by atoms with Crippen molar-refractivity contribution in [2.75, 3.05) is 27.2 Å². The van der Waals surface area contributed by atoms with Crippen molar-refractivity contribution in [3.8, 4) is 0 Å². The van der Waals surface area contributed by atoms with Gasteiger partial charge in [0, 0.05) is 36.5 Å². The molecule has 1 amide bonds. The summed E-state index contributed by atoms with van der Waals surface area (Å²) in [6, 6.07) is 0. The Morgan fingerprint density at radius 2 is 1.68 bits per heavy atom. The minimum Gasteiger partial charge on any atom is -0.351 e. The molecule has 0 saturated heterocycles. The molecule has 0 fully saturated rings. The van der Waals surface area contributed by atoms with Gasteiger partial charge in [-0.15, -0.1) is 0 Å². The summed E-state index contributed by atoms with van der Waals surface area (Å²) in [5, 5.41) is 2.94. The third-order valence-electron chi connectivity index (χ3n) is 3.74. The average Bonchev–Trinajstić information content (AvgIpc) is 2.42. The van der Waals surface area contributed by atoms with Crippen molar-refractivity contribution in [2.45, 2.75) is 48.0 Å². The fourth-order valence-corrected chi connectivity index (χ4v) is 2.53. The van der Waals surface area contributed by atoms with Crippen molar-refractivity contribution in [1.29, 1.82) is 0 Å². The van der Waals surface area contributed by atoms with Gasteiger partial charge in [0.25, 0.3) is 5.91 Å². The molecule has 0 aliphatic carbocycles. The van der Waals surface area contributed by atoms with Crippen LogP contribution in [-0.4, -0.2) is 48.8 Å². The number of pyridine rings is 1. The molecule has 0 aliphatic heterocycles. The van der Waals surface area contributed by atoms with Crippen LogP contribution in [0.25, 0.3) is 0 Å². The molecular weight excluding hydrogens is 314 g/mol. The van der Waals surface area contributed by atoms with Crippen LogP contribution < -0.4 is 5.32 Å². The quantitative estimate of drug-likeness (QED) is 0.803. The Morgan fingerprint density at radius 3 is 2.16 bits per heavy atom. The van der Waals surface area contributed by atoms with Crippen LogP contribution in [0.2, 0.25) is 0 Å². The highest BCUT2D eigenvalue weighted by atomic mass is 16.2. The number of hydrogen-bond donors (Lipinski definition) is 1.